The Balaban J connectivity index is 2.48. The van der Waals surface area contributed by atoms with E-state index in [1.54, 1.807) is 19.1 Å². The van der Waals surface area contributed by atoms with E-state index in [1.165, 1.54) is 6.07 Å². The van der Waals surface area contributed by atoms with Gasteiger partial charge in [-0.15, -0.1) is 0 Å². The molecule has 1 aromatic carbocycles. The van der Waals surface area contributed by atoms with Crippen molar-refractivity contribution in [3.8, 4) is 6.07 Å². The Morgan fingerprint density at radius 2 is 2.10 bits per heavy atom. The van der Waals surface area contributed by atoms with Gasteiger partial charge in [0.15, 0.2) is 0 Å². The minimum Gasteiger partial charge on any atom is -0.326 e. The molecule has 8 heteroatoms. The molecule has 0 spiro atoms. The van der Waals surface area contributed by atoms with E-state index in [0.717, 1.165) is 12.3 Å². The second kappa shape index (κ2) is 5.60. The highest BCUT2D eigenvalue weighted by atomic mass is 35.5. The summed E-state index contributed by atoms with van der Waals surface area (Å²) in [5.74, 6) is 0. The Morgan fingerprint density at radius 3 is 2.71 bits per heavy atom. The zero-order chi connectivity index (χ0) is 15.6. The van der Waals surface area contributed by atoms with Gasteiger partial charge in [-0.3, -0.25) is 9.52 Å². The quantitative estimate of drug-likeness (QED) is 0.901. The van der Waals surface area contributed by atoms with Crippen LogP contribution in [0.1, 0.15) is 11.1 Å². The Labute approximate surface area is 126 Å². The van der Waals surface area contributed by atoms with Gasteiger partial charge in [0, 0.05) is 6.20 Å². The summed E-state index contributed by atoms with van der Waals surface area (Å²) in [6.07, 6.45) is 1.04. The average Bonchev–Trinajstić information content (AvgIpc) is 2.41. The van der Waals surface area contributed by atoms with Crippen molar-refractivity contribution in [3.63, 3.8) is 0 Å². The lowest BCUT2D eigenvalue weighted by molar-refractivity contribution is 0.600. The van der Waals surface area contributed by atoms with Crippen LogP contribution in [0.5, 0.6) is 0 Å². The molecule has 6 nitrogen and oxygen atoms in total. The number of hydrogen-bond donors (Lipinski definition) is 2. The van der Waals surface area contributed by atoms with Gasteiger partial charge in [0.1, 0.15) is 16.0 Å². The number of nitrogens with one attached hydrogen (secondary N) is 2. The van der Waals surface area contributed by atoms with Crippen molar-refractivity contribution in [1.29, 1.82) is 5.26 Å². The van der Waals surface area contributed by atoms with Gasteiger partial charge in [-0.05, 0) is 24.6 Å². The molecule has 0 fully saturated rings. The van der Waals surface area contributed by atoms with E-state index < -0.39 is 15.6 Å². The first kappa shape index (κ1) is 15.1. The maximum Gasteiger partial charge on any atom is 0.266 e. The van der Waals surface area contributed by atoms with Crippen LogP contribution in [0, 0.1) is 18.3 Å². The van der Waals surface area contributed by atoms with Crippen LogP contribution in [-0.4, -0.2) is 13.4 Å². The second-order valence-electron chi connectivity index (χ2n) is 4.23. The van der Waals surface area contributed by atoms with Crippen LogP contribution in [0.2, 0.25) is 5.02 Å². The maximum absolute atomic E-state index is 12.2. The third-order valence-electron chi connectivity index (χ3n) is 2.77. The second-order valence-corrected chi connectivity index (χ2v) is 6.32. The lowest BCUT2D eigenvalue weighted by Crippen LogP contribution is -2.16. The molecule has 0 bridgehead atoms. The van der Waals surface area contributed by atoms with Crippen LogP contribution >= 0.6 is 11.6 Å². The number of hydrogen-bond acceptors (Lipinski definition) is 4. The fraction of sp³-hybridized carbons (Fsp3) is 0.0769. The minimum atomic E-state index is -3.96. The number of nitriles is 1. The molecule has 0 aliphatic heterocycles. The largest absolute Gasteiger partial charge is 0.326 e. The van der Waals surface area contributed by atoms with Crippen molar-refractivity contribution in [2.75, 3.05) is 4.72 Å². The molecule has 2 N–H and O–H groups in total. The number of aromatic amines is 1. The number of halogens is 1. The van der Waals surface area contributed by atoms with Crippen molar-refractivity contribution in [3.05, 3.63) is 57.0 Å². The van der Waals surface area contributed by atoms with E-state index in [0.29, 0.717) is 5.56 Å². The Hall–Kier alpha value is -2.30. The van der Waals surface area contributed by atoms with Crippen molar-refractivity contribution in [1.82, 2.24) is 4.98 Å². The third-order valence-corrected chi connectivity index (χ3v) is 4.40. The normalized spacial score (nSPS) is 10.9. The summed E-state index contributed by atoms with van der Waals surface area (Å²) in [7, 11) is -3.96. The lowest BCUT2D eigenvalue weighted by atomic mass is 10.1. The average molecular weight is 324 g/mol. The molecular formula is C13H10ClN3O3S. The van der Waals surface area contributed by atoms with E-state index >= 15 is 0 Å². The first-order valence-electron chi connectivity index (χ1n) is 5.76. The Bertz CT molecular complexity index is 898. The fourth-order valence-corrected chi connectivity index (χ4v) is 3.00. The van der Waals surface area contributed by atoms with Crippen LogP contribution < -0.4 is 10.3 Å². The molecule has 0 radical (unpaired) electrons. The summed E-state index contributed by atoms with van der Waals surface area (Å²) >= 11 is 5.62. The highest BCUT2D eigenvalue weighted by Gasteiger charge is 2.18. The number of aryl methyl sites for hydroxylation is 1. The number of pyridine rings is 1. The molecule has 0 unspecified atom stereocenters. The molecule has 0 saturated heterocycles. The molecule has 2 rings (SSSR count). The number of rotatable bonds is 3. The van der Waals surface area contributed by atoms with E-state index in [9.17, 15) is 13.2 Å². The number of benzene rings is 1. The molecule has 0 amide bonds. The molecule has 0 aliphatic rings. The van der Waals surface area contributed by atoms with E-state index in [4.69, 9.17) is 16.9 Å². The minimum absolute atomic E-state index is 0.167. The Morgan fingerprint density at radius 1 is 1.38 bits per heavy atom. The van der Waals surface area contributed by atoms with Crippen LogP contribution in [0.15, 0.2) is 40.2 Å². The predicted molar refractivity (Wildman–Crippen MR) is 78.8 cm³/mol. The third kappa shape index (κ3) is 3.07. The SMILES string of the molecule is Cc1cccc(NS(=O)(=O)c2c[nH]c(=O)c(Cl)c2)c1C#N. The summed E-state index contributed by atoms with van der Waals surface area (Å²) in [6, 6.07) is 7.81. The van der Waals surface area contributed by atoms with E-state index in [1.807, 2.05) is 6.07 Å². The standard InChI is InChI=1S/C13H10ClN3O3S/c1-8-3-2-4-12(10(8)6-15)17-21(19,20)9-5-11(14)13(18)16-7-9/h2-5,7,17H,1H3,(H,16,18). The van der Waals surface area contributed by atoms with Gasteiger partial charge in [0.05, 0.1) is 11.3 Å². The molecule has 1 heterocycles. The monoisotopic (exact) mass is 323 g/mol. The predicted octanol–water partition coefficient (Wildman–Crippen LogP) is 2.01. The number of H-pyrrole nitrogens is 1. The summed E-state index contributed by atoms with van der Waals surface area (Å²) in [5, 5.41) is 8.86. The molecule has 0 saturated carbocycles. The van der Waals surface area contributed by atoms with E-state index in [-0.39, 0.29) is 21.2 Å². The summed E-state index contributed by atoms with van der Waals surface area (Å²) < 4.78 is 26.8. The fourth-order valence-electron chi connectivity index (χ4n) is 1.70. The molecule has 0 atom stereocenters. The summed E-state index contributed by atoms with van der Waals surface area (Å²) in [4.78, 5) is 13.2. The van der Waals surface area contributed by atoms with Gasteiger partial charge < -0.3 is 4.98 Å². The maximum atomic E-state index is 12.2. The van der Waals surface area contributed by atoms with Crippen molar-refractivity contribution in [2.24, 2.45) is 0 Å². The van der Waals surface area contributed by atoms with Crippen molar-refractivity contribution in [2.45, 2.75) is 11.8 Å². The van der Waals surface area contributed by atoms with Gasteiger partial charge in [0.25, 0.3) is 15.6 Å². The molecule has 1 aromatic heterocycles. The van der Waals surface area contributed by atoms with Crippen LogP contribution in [0.4, 0.5) is 5.69 Å². The molecule has 108 valence electrons. The zero-order valence-corrected chi connectivity index (χ0v) is 12.4. The van der Waals surface area contributed by atoms with Crippen LogP contribution in [-0.2, 0) is 10.0 Å². The highest BCUT2D eigenvalue weighted by Crippen LogP contribution is 2.22. The number of nitrogens with zero attached hydrogens (tertiary/aromatic N) is 1. The molecule has 0 aliphatic carbocycles. The van der Waals surface area contributed by atoms with Crippen molar-refractivity contribution >= 4 is 27.3 Å². The van der Waals surface area contributed by atoms with Gasteiger partial charge in [-0.1, -0.05) is 23.7 Å². The molecule has 2 aromatic rings. The number of sulfonamides is 1. The van der Waals surface area contributed by atoms with Gasteiger partial charge >= 0.3 is 0 Å². The first-order chi connectivity index (χ1) is 9.85. The van der Waals surface area contributed by atoms with Gasteiger partial charge in [0.2, 0.25) is 0 Å². The topological polar surface area (TPSA) is 103 Å². The van der Waals surface area contributed by atoms with Crippen LogP contribution in [0.3, 0.4) is 0 Å². The number of aromatic nitrogens is 1. The zero-order valence-electron chi connectivity index (χ0n) is 10.8. The highest BCUT2D eigenvalue weighted by molar-refractivity contribution is 7.92. The van der Waals surface area contributed by atoms with Gasteiger partial charge in [-0.25, -0.2) is 8.42 Å². The number of anilines is 1. The van der Waals surface area contributed by atoms with Crippen LogP contribution in [0.25, 0.3) is 0 Å². The lowest BCUT2D eigenvalue weighted by Gasteiger charge is -2.10. The van der Waals surface area contributed by atoms with Gasteiger partial charge in [-0.2, -0.15) is 5.26 Å². The summed E-state index contributed by atoms with van der Waals surface area (Å²) in [5.41, 5.74) is 0.470. The van der Waals surface area contributed by atoms with Crippen molar-refractivity contribution < 1.29 is 8.42 Å². The first-order valence-corrected chi connectivity index (χ1v) is 7.62. The summed E-state index contributed by atoms with van der Waals surface area (Å²) in [6.45, 7) is 1.70. The van der Waals surface area contributed by atoms with E-state index in [2.05, 4.69) is 9.71 Å². The molecule has 21 heavy (non-hydrogen) atoms. The molecular weight excluding hydrogens is 314 g/mol. The Kier molecular flexibility index (Phi) is 4.02. The smallest absolute Gasteiger partial charge is 0.266 e.